The molecule has 17 heteroatoms. The van der Waals surface area contributed by atoms with Crippen LogP contribution in [0.2, 0.25) is 0 Å². The standard InChI is InChI=1S/C44H71N7O10/c1-12-32-36(53)34(49(9)10)37(54)41(58-32)60-39-26(4)35(52)27(5)40(55)59-33(13-2)44(8)38(28(6)46-23-25(3)22-43(39,7)57-11)51(42(56)61-44)20-15-14-19-50-24-31(47-48-50)29-17-16-18-30(45)21-29/h16-18,21,24-28,32-34,36-39,41,46,53-54H,12-15,19-20,22-23,45H2,1-11H3/t25-,26+,27-,28-,32?,33-,34?,36-,37?,38-,39-,41+,43-,44-/m1/s1. The van der Waals surface area contributed by atoms with Crippen LogP contribution in [0.4, 0.5) is 10.5 Å². The highest BCUT2D eigenvalue weighted by atomic mass is 16.7. The van der Waals surface area contributed by atoms with E-state index in [9.17, 15) is 24.6 Å². The number of carbonyl (C=O) groups is 3. The number of methoxy groups -OCH3 is 1. The summed E-state index contributed by atoms with van der Waals surface area (Å²) in [6.07, 6.45) is -2.04. The van der Waals surface area contributed by atoms with Gasteiger partial charge < -0.3 is 49.8 Å². The van der Waals surface area contributed by atoms with Gasteiger partial charge in [0.25, 0.3) is 0 Å². The molecule has 61 heavy (non-hydrogen) atoms. The fraction of sp³-hybridized carbons (Fsp3) is 0.750. The Morgan fingerprint density at radius 3 is 2.38 bits per heavy atom. The quantitative estimate of drug-likeness (QED) is 0.104. The molecule has 3 saturated heterocycles. The Hall–Kier alpha value is -3.71. The number of hydrogen-bond donors (Lipinski definition) is 4. The number of ether oxygens (including phenoxy) is 5. The highest BCUT2D eigenvalue weighted by Crippen LogP contribution is 2.40. The molecule has 0 saturated carbocycles. The van der Waals surface area contributed by atoms with Crippen LogP contribution in [-0.4, -0.2) is 153 Å². The predicted octanol–water partition coefficient (Wildman–Crippen LogP) is 3.65. The van der Waals surface area contributed by atoms with Crippen LogP contribution in [0.1, 0.15) is 87.5 Å². The molecule has 3 unspecified atom stereocenters. The zero-order chi connectivity index (χ0) is 45.0. The van der Waals surface area contributed by atoms with Crippen LogP contribution in [0.5, 0.6) is 0 Å². The average molecular weight is 858 g/mol. The van der Waals surface area contributed by atoms with Gasteiger partial charge in [-0.25, -0.2) is 4.79 Å². The average Bonchev–Trinajstić information content (AvgIpc) is 3.80. The summed E-state index contributed by atoms with van der Waals surface area (Å²) in [7, 11) is 5.09. The van der Waals surface area contributed by atoms with Crippen molar-refractivity contribution in [3.05, 3.63) is 30.5 Å². The molecule has 5 rings (SSSR count). The normalized spacial score (nSPS) is 36.9. The fourth-order valence-electron chi connectivity index (χ4n) is 9.78. The first-order valence-corrected chi connectivity index (χ1v) is 21.9. The molecule has 1 aromatic heterocycles. The van der Waals surface area contributed by atoms with E-state index in [-0.39, 0.29) is 12.0 Å². The number of aryl methyl sites for hydroxylation is 1. The van der Waals surface area contributed by atoms with Crippen LogP contribution in [0, 0.1) is 17.8 Å². The zero-order valence-corrected chi connectivity index (χ0v) is 37.9. The van der Waals surface area contributed by atoms with Crippen molar-refractivity contribution >= 4 is 23.5 Å². The number of amides is 1. The summed E-state index contributed by atoms with van der Waals surface area (Å²) in [5, 5.41) is 34.9. The van der Waals surface area contributed by atoms with E-state index in [0.717, 1.165) is 11.3 Å². The first-order chi connectivity index (χ1) is 28.8. The van der Waals surface area contributed by atoms with Gasteiger partial charge in [0, 0.05) is 43.4 Å². The van der Waals surface area contributed by atoms with Crippen LogP contribution in [0.25, 0.3) is 11.3 Å². The molecule has 5 N–H and O–H groups in total. The van der Waals surface area contributed by atoms with Crippen molar-refractivity contribution in [3.63, 3.8) is 0 Å². The number of anilines is 1. The number of unbranched alkanes of at least 4 members (excludes halogenated alkanes) is 1. The number of ketones is 1. The Balaban J connectivity index is 1.39. The molecule has 14 atom stereocenters. The van der Waals surface area contributed by atoms with Gasteiger partial charge in [0.05, 0.1) is 42.2 Å². The van der Waals surface area contributed by atoms with Gasteiger partial charge in [-0.1, -0.05) is 45.0 Å². The minimum Gasteiger partial charge on any atom is -0.458 e. The molecular weight excluding hydrogens is 787 g/mol. The van der Waals surface area contributed by atoms with Gasteiger partial charge in [-0.3, -0.25) is 19.2 Å². The summed E-state index contributed by atoms with van der Waals surface area (Å²) in [6, 6.07) is 5.91. The number of aromatic nitrogens is 3. The number of aliphatic hydroxyl groups is 2. The molecule has 3 fully saturated rings. The van der Waals surface area contributed by atoms with E-state index in [1.165, 1.54) is 6.92 Å². The van der Waals surface area contributed by atoms with Crippen LogP contribution >= 0.6 is 0 Å². The van der Waals surface area contributed by atoms with Crippen molar-refractivity contribution in [2.75, 3.05) is 40.0 Å². The summed E-state index contributed by atoms with van der Waals surface area (Å²) >= 11 is 0. The van der Waals surface area contributed by atoms with Gasteiger partial charge in [-0.15, -0.1) is 5.10 Å². The van der Waals surface area contributed by atoms with Gasteiger partial charge in [0.1, 0.15) is 23.8 Å². The molecule has 4 heterocycles. The van der Waals surface area contributed by atoms with Gasteiger partial charge in [-0.05, 0) is 98.5 Å². The van der Waals surface area contributed by atoms with Gasteiger partial charge in [-0.2, -0.15) is 0 Å². The molecule has 0 aliphatic carbocycles. The second-order valence-electron chi connectivity index (χ2n) is 18.1. The molecular formula is C44H71N7O10. The number of likely N-dealkylation sites (N-methyl/N-ethyl adjacent to an activating group) is 1. The van der Waals surface area contributed by atoms with E-state index in [1.807, 2.05) is 65.1 Å². The largest absolute Gasteiger partial charge is 0.458 e. The van der Waals surface area contributed by atoms with Crippen molar-refractivity contribution < 1.29 is 48.3 Å². The third-order valence-corrected chi connectivity index (χ3v) is 13.2. The lowest BCUT2D eigenvalue weighted by Crippen LogP contribution is -2.64. The molecule has 342 valence electrons. The summed E-state index contributed by atoms with van der Waals surface area (Å²) in [6.45, 7) is 16.1. The third-order valence-electron chi connectivity index (χ3n) is 13.2. The van der Waals surface area contributed by atoms with Crippen molar-refractivity contribution in [1.82, 2.24) is 30.1 Å². The monoisotopic (exact) mass is 858 g/mol. The molecule has 0 spiro atoms. The third kappa shape index (κ3) is 10.4. The number of cyclic esters (lactones) is 1. The summed E-state index contributed by atoms with van der Waals surface area (Å²) in [5.41, 5.74) is 5.83. The van der Waals surface area contributed by atoms with Crippen LogP contribution in [-0.2, 0) is 39.8 Å². The lowest BCUT2D eigenvalue weighted by atomic mass is 9.78. The van der Waals surface area contributed by atoms with Crippen molar-refractivity contribution in [1.29, 1.82) is 0 Å². The van der Waals surface area contributed by atoms with Gasteiger partial charge >= 0.3 is 12.1 Å². The maximum absolute atomic E-state index is 14.4. The lowest BCUT2D eigenvalue weighted by Gasteiger charge is -2.48. The Labute approximate surface area is 360 Å². The van der Waals surface area contributed by atoms with Crippen molar-refractivity contribution in [2.45, 2.75) is 160 Å². The number of nitrogens with zero attached hydrogens (tertiary/aromatic N) is 5. The minimum atomic E-state index is -1.26. The van der Waals surface area contributed by atoms with E-state index < -0.39 is 89.8 Å². The predicted molar refractivity (Wildman–Crippen MR) is 228 cm³/mol. The van der Waals surface area contributed by atoms with Crippen LogP contribution in [0.3, 0.4) is 0 Å². The summed E-state index contributed by atoms with van der Waals surface area (Å²) < 4.78 is 33.3. The van der Waals surface area contributed by atoms with E-state index in [4.69, 9.17) is 29.4 Å². The second kappa shape index (κ2) is 20.2. The highest BCUT2D eigenvalue weighted by Gasteiger charge is 2.59. The maximum atomic E-state index is 14.4. The topological polar surface area (TPSA) is 213 Å². The van der Waals surface area contributed by atoms with E-state index in [1.54, 1.807) is 42.6 Å². The van der Waals surface area contributed by atoms with Crippen LogP contribution in [0.15, 0.2) is 30.5 Å². The van der Waals surface area contributed by atoms with Gasteiger partial charge in [0.2, 0.25) is 0 Å². The Kier molecular flexibility index (Phi) is 16.0. The van der Waals surface area contributed by atoms with Crippen molar-refractivity contribution in [2.24, 2.45) is 17.8 Å². The second-order valence-corrected chi connectivity index (χ2v) is 18.1. The minimum absolute atomic E-state index is 0.0576. The van der Waals surface area contributed by atoms with E-state index in [0.29, 0.717) is 57.4 Å². The van der Waals surface area contributed by atoms with Crippen molar-refractivity contribution in [3.8, 4) is 11.3 Å². The molecule has 1 amide bonds. The number of nitrogens with one attached hydrogen (secondary N) is 1. The number of benzene rings is 1. The molecule has 1 aromatic carbocycles. The number of nitrogen functional groups attached to an aromatic ring is 1. The Bertz CT molecular complexity index is 1800. The first-order valence-electron chi connectivity index (χ1n) is 21.9. The van der Waals surface area contributed by atoms with E-state index in [2.05, 4.69) is 22.6 Å². The maximum Gasteiger partial charge on any atom is 0.410 e. The number of rotatable bonds is 12. The lowest BCUT2D eigenvalue weighted by molar-refractivity contribution is -0.316. The summed E-state index contributed by atoms with van der Waals surface area (Å²) in [4.78, 5) is 45.8. The fourth-order valence-corrected chi connectivity index (χ4v) is 9.78. The number of Topliss-reactive ketones (excluding diaryl/α,β-unsaturated/α-hetero) is 1. The molecule has 3 aliphatic heterocycles. The molecule has 17 nitrogen and oxygen atoms in total. The molecule has 0 bridgehead atoms. The SMILES string of the molecule is CCC1O[C@@H](O[C@@H]2[C@@H](C)C(=O)[C@@H](C)C(=O)O[C@H](CC)[C@@]3(C)OC(=O)N(CCCCn4cc(-c5cccc(N)c5)nn4)[C@@H]3[C@@H](C)NC[C@H](C)C[C@@]2(C)OC)C(O)C(N(C)C)[C@@H]1O. The Morgan fingerprint density at radius 2 is 1.74 bits per heavy atom. The number of aliphatic hydroxyl groups excluding tert-OH is 2. The molecule has 0 radical (unpaired) electrons. The number of esters is 1. The molecule has 2 aromatic rings. The molecule has 3 aliphatic rings. The smallest absolute Gasteiger partial charge is 0.410 e. The van der Waals surface area contributed by atoms with Crippen LogP contribution < -0.4 is 11.1 Å². The number of hydrogen-bond acceptors (Lipinski definition) is 15. The first kappa shape index (κ1) is 48.3. The summed E-state index contributed by atoms with van der Waals surface area (Å²) in [5.74, 6) is -3.40. The van der Waals surface area contributed by atoms with E-state index >= 15 is 0 Å². The Morgan fingerprint density at radius 1 is 1.03 bits per heavy atom. The number of carbonyl (C=O) groups excluding carboxylic acids is 3. The number of fused-ring (bicyclic) bond motifs is 1. The van der Waals surface area contributed by atoms with Gasteiger partial charge in [0.15, 0.2) is 17.7 Å². The number of nitrogens with two attached hydrogens (primary N) is 1. The zero-order valence-electron chi connectivity index (χ0n) is 37.9. The highest BCUT2D eigenvalue weighted by molar-refractivity contribution is 6.00.